The van der Waals surface area contributed by atoms with E-state index in [1.54, 1.807) is 25.3 Å². The van der Waals surface area contributed by atoms with Gasteiger partial charge in [0.05, 0.1) is 30.3 Å². The van der Waals surface area contributed by atoms with E-state index < -0.39 is 0 Å². The maximum Gasteiger partial charge on any atom is 0.257 e. The second kappa shape index (κ2) is 7.81. The van der Waals surface area contributed by atoms with Crippen LogP contribution in [0, 0.1) is 0 Å². The van der Waals surface area contributed by atoms with Crippen molar-refractivity contribution in [2.45, 2.75) is 6.54 Å². The summed E-state index contributed by atoms with van der Waals surface area (Å²) < 4.78 is 7.47. The predicted octanol–water partition coefficient (Wildman–Crippen LogP) is 3.19. The molecule has 0 spiro atoms. The van der Waals surface area contributed by atoms with Crippen LogP contribution in [0.25, 0.3) is 11.0 Å². The maximum absolute atomic E-state index is 12.9. The average molecular weight is 399 g/mol. The van der Waals surface area contributed by atoms with Crippen molar-refractivity contribution >= 4 is 28.5 Å². The van der Waals surface area contributed by atoms with Gasteiger partial charge in [-0.2, -0.15) is 0 Å². The van der Waals surface area contributed by atoms with Gasteiger partial charge in [0.1, 0.15) is 11.6 Å². The summed E-state index contributed by atoms with van der Waals surface area (Å²) in [6, 6.07) is 13.3. The quantitative estimate of drug-likeness (QED) is 0.677. The molecule has 1 aliphatic rings. The number of hydrogen-bond donors (Lipinski definition) is 0. The molecule has 0 unspecified atom stereocenters. The van der Waals surface area contributed by atoms with E-state index in [2.05, 4.69) is 22.6 Å². The molecule has 7 heteroatoms. The Kier molecular flexibility index (Phi) is 5.24. The van der Waals surface area contributed by atoms with Crippen LogP contribution in [0.5, 0.6) is 5.75 Å². The summed E-state index contributed by atoms with van der Waals surface area (Å²) >= 11 is 6.07. The SMILES string of the molecule is COc1ccc(Cl)cc1C(=O)N1CCN(Cc2nc3ccccc3n2C)CC1. The molecule has 1 saturated heterocycles. The fourth-order valence-electron chi connectivity index (χ4n) is 3.66. The van der Waals surface area contributed by atoms with E-state index in [0.717, 1.165) is 36.5 Å². The number of aryl methyl sites for hydroxylation is 1. The van der Waals surface area contributed by atoms with E-state index in [-0.39, 0.29) is 5.91 Å². The molecule has 6 nitrogen and oxygen atoms in total. The van der Waals surface area contributed by atoms with E-state index in [0.29, 0.717) is 29.4 Å². The summed E-state index contributed by atoms with van der Waals surface area (Å²) in [5, 5.41) is 0.532. The third kappa shape index (κ3) is 3.57. The normalized spacial score (nSPS) is 15.2. The van der Waals surface area contributed by atoms with E-state index >= 15 is 0 Å². The second-order valence-electron chi connectivity index (χ2n) is 6.99. The number of carbonyl (C=O) groups excluding carboxylic acids is 1. The summed E-state index contributed by atoms with van der Waals surface area (Å²) in [4.78, 5) is 21.9. The minimum atomic E-state index is -0.0401. The molecule has 0 saturated carbocycles. The van der Waals surface area contributed by atoms with Gasteiger partial charge in [0, 0.05) is 38.2 Å². The van der Waals surface area contributed by atoms with Crippen molar-refractivity contribution in [3.63, 3.8) is 0 Å². The molecular formula is C21H23ClN4O2. The lowest BCUT2D eigenvalue weighted by Crippen LogP contribution is -2.48. The summed E-state index contributed by atoms with van der Waals surface area (Å²) in [6.45, 7) is 3.71. The number of hydrogen-bond acceptors (Lipinski definition) is 4. The largest absolute Gasteiger partial charge is 0.496 e. The Morgan fingerprint density at radius 1 is 1.14 bits per heavy atom. The topological polar surface area (TPSA) is 50.6 Å². The number of amides is 1. The van der Waals surface area contributed by atoms with Crippen LogP contribution in [0.15, 0.2) is 42.5 Å². The molecule has 1 fully saturated rings. The first kappa shape index (κ1) is 18.8. The molecule has 146 valence electrons. The van der Waals surface area contributed by atoms with E-state index in [4.69, 9.17) is 21.3 Å². The van der Waals surface area contributed by atoms with Crippen LogP contribution in [0.4, 0.5) is 0 Å². The molecule has 0 N–H and O–H groups in total. The predicted molar refractivity (Wildman–Crippen MR) is 110 cm³/mol. The van der Waals surface area contributed by atoms with Crippen LogP contribution < -0.4 is 4.74 Å². The maximum atomic E-state index is 12.9. The molecule has 0 bridgehead atoms. The first-order chi connectivity index (χ1) is 13.6. The Balaban J connectivity index is 1.42. The van der Waals surface area contributed by atoms with Gasteiger partial charge < -0.3 is 14.2 Å². The minimum absolute atomic E-state index is 0.0401. The molecule has 2 heterocycles. The molecule has 28 heavy (non-hydrogen) atoms. The van der Waals surface area contributed by atoms with Crippen molar-refractivity contribution in [2.75, 3.05) is 33.3 Å². The summed E-state index contributed by atoms with van der Waals surface area (Å²) in [6.07, 6.45) is 0. The number of aromatic nitrogens is 2. The lowest BCUT2D eigenvalue weighted by molar-refractivity contribution is 0.0621. The van der Waals surface area contributed by atoms with Crippen LogP contribution in [-0.2, 0) is 13.6 Å². The monoisotopic (exact) mass is 398 g/mol. The zero-order chi connectivity index (χ0) is 19.7. The first-order valence-corrected chi connectivity index (χ1v) is 9.70. The third-order valence-electron chi connectivity index (χ3n) is 5.30. The highest BCUT2D eigenvalue weighted by Gasteiger charge is 2.25. The Hall–Kier alpha value is -2.57. The Morgan fingerprint density at radius 2 is 1.89 bits per heavy atom. The fraction of sp³-hybridized carbons (Fsp3) is 0.333. The van der Waals surface area contributed by atoms with Crippen molar-refractivity contribution in [3.05, 3.63) is 58.9 Å². The van der Waals surface area contributed by atoms with Gasteiger partial charge in [0.25, 0.3) is 5.91 Å². The number of imidazole rings is 1. The zero-order valence-electron chi connectivity index (χ0n) is 16.1. The molecule has 1 amide bonds. The number of rotatable bonds is 4. The number of carbonyl (C=O) groups is 1. The number of ether oxygens (including phenoxy) is 1. The van der Waals surface area contributed by atoms with Crippen molar-refractivity contribution in [2.24, 2.45) is 7.05 Å². The van der Waals surface area contributed by atoms with Crippen LogP contribution in [-0.4, -0.2) is 58.5 Å². The van der Waals surface area contributed by atoms with Crippen molar-refractivity contribution in [3.8, 4) is 5.75 Å². The van der Waals surface area contributed by atoms with Gasteiger partial charge >= 0.3 is 0 Å². The van der Waals surface area contributed by atoms with Gasteiger partial charge in [0.2, 0.25) is 0 Å². The smallest absolute Gasteiger partial charge is 0.257 e. The Labute approximate surface area is 169 Å². The molecule has 0 atom stereocenters. The number of para-hydroxylation sites is 2. The van der Waals surface area contributed by atoms with Gasteiger partial charge in [-0.3, -0.25) is 9.69 Å². The van der Waals surface area contributed by atoms with Crippen LogP contribution in [0.1, 0.15) is 16.2 Å². The van der Waals surface area contributed by atoms with Crippen molar-refractivity contribution in [1.29, 1.82) is 0 Å². The van der Waals surface area contributed by atoms with E-state index in [1.165, 1.54) is 0 Å². The molecule has 0 radical (unpaired) electrons. The molecule has 1 aliphatic heterocycles. The lowest BCUT2D eigenvalue weighted by atomic mass is 10.1. The van der Waals surface area contributed by atoms with Gasteiger partial charge in [0.15, 0.2) is 0 Å². The van der Waals surface area contributed by atoms with Crippen molar-refractivity contribution in [1.82, 2.24) is 19.4 Å². The highest BCUT2D eigenvalue weighted by molar-refractivity contribution is 6.31. The second-order valence-corrected chi connectivity index (χ2v) is 7.43. The molecule has 1 aromatic heterocycles. The number of benzene rings is 2. The minimum Gasteiger partial charge on any atom is -0.496 e. The molecule has 4 rings (SSSR count). The fourth-order valence-corrected chi connectivity index (χ4v) is 3.84. The first-order valence-electron chi connectivity index (χ1n) is 9.32. The number of piperazine rings is 1. The van der Waals surface area contributed by atoms with Gasteiger partial charge in [-0.15, -0.1) is 0 Å². The highest BCUT2D eigenvalue weighted by Crippen LogP contribution is 2.25. The lowest BCUT2D eigenvalue weighted by Gasteiger charge is -2.34. The standard InChI is InChI=1S/C21H23ClN4O2/c1-24-18-6-4-3-5-17(18)23-20(24)14-25-9-11-26(12-10-25)21(27)16-13-15(22)7-8-19(16)28-2/h3-8,13H,9-12,14H2,1-2H3. The molecular weight excluding hydrogens is 376 g/mol. The Morgan fingerprint density at radius 3 is 2.61 bits per heavy atom. The molecule has 3 aromatic rings. The third-order valence-corrected chi connectivity index (χ3v) is 5.53. The zero-order valence-corrected chi connectivity index (χ0v) is 16.8. The van der Waals surface area contributed by atoms with E-state index in [9.17, 15) is 4.79 Å². The van der Waals surface area contributed by atoms with E-state index in [1.807, 2.05) is 23.1 Å². The van der Waals surface area contributed by atoms with Crippen LogP contribution in [0.2, 0.25) is 5.02 Å². The van der Waals surface area contributed by atoms with Crippen molar-refractivity contribution < 1.29 is 9.53 Å². The number of nitrogens with zero attached hydrogens (tertiary/aromatic N) is 4. The summed E-state index contributed by atoms with van der Waals surface area (Å²) in [5.74, 6) is 1.55. The Bertz CT molecular complexity index is 1010. The molecule has 2 aromatic carbocycles. The number of methoxy groups -OCH3 is 1. The average Bonchev–Trinajstić information content (AvgIpc) is 3.03. The highest BCUT2D eigenvalue weighted by atomic mass is 35.5. The number of halogens is 1. The molecule has 0 aliphatic carbocycles. The summed E-state index contributed by atoms with van der Waals surface area (Å²) in [5.41, 5.74) is 2.67. The van der Waals surface area contributed by atoms with Gasteiger partial charge in [-0.25, -0.2) is 4.98 Å². The summed E-state index contributed by atoms with van der Waals surface area (Å²) in [7, 11) is 3.62. The number of fused-ring (bicyclic) bond motifs is 1. The van der Waals surface area contributed by atoms with Gasteiger partial charge in [-0.1, -0.05) is 23.7 Å². The van der Waals surface area contributed by atoms with Crippen LogP contribution in [0.3, 0.4) is 0 Å². The van der Waals surface area contributed by atoms with Gasteiger partial charge in [-0.05, 0) is 30.3 Å². The van der Waals surface area contributed by atoms with Crippen LogP contribution >= 0.6 is 11.6 Å².